The van der Waals surface area contributed by atoms with E-state index in [0.717, 1.165) is 12.8 Å². The third kappa shape index (κ3) is 1.96. The molecule has 2 fully saturated rings. The first-order chi connectivity index (χ1) is 7.54. The van der Waals surface area contributed by atoms with E-state index in [2.05, 4.69) is 0 Å². The van der Waals surface area contributed by atoms with Gasteiger partial charge in [0, 0.05) is 6.61 Å². The van der Waals surface area contributed by atoms with E-state index in [1.807, 2.05) is 13.8 Å². The Labute approximate surface area is 95.9 Å². The van der Waals surface area contributed by atoms with Crippen LogP contribution in [0.2, 0.25) is 0 Å². The van der Waals surface area contributed by atoms with Crippen LogP contribution in [0.5, 0.6) is 0 Å². The Hall–Kier alpha value is -0.610. The maximum atomic E-state index is 11.5. The number of hydrogen-bond acceptors (Lipinski definition) is 3. The highest BCUT2D eigenvalue weighted by atomic mass is 16.5. The monoisotopic (exact) mass is 228 g/mol. The summed E-state index contributed by atoms with van der Waals surface area (Å²) in [6.07, 6.45) is 3.37. The molecule has 0 aliphatic carbocycles. The highest BCUT2D eigenvalue weighted by Gasteiger charge is 2.50. The van der Waals surface area contributed by atoms with Crippen molar-refractivity contribution >= 4 is 5.97 Å². The molecule has 0 spiro atoms. The molecule has 4 heteroatoms. The van der Waals surface area contributed by atoms with Crippen molar-refractivity contribution in [2.24, 2.45) is 5.41 Å². The lowest BCUT2D eigenvalue weighted by atomic mass is 9.76. The molecule has 2 aliphatic heterocycles. The molecule has 4 nitrogen and oxygen atoms in total. The topological polar surface area (TPSA) is 55.8 Å². The summed E-state index contributed by atoms with van der Waals surface area (Å²) < 4.78 is 11.2. The van der Waals surface area contributed by atoms with Crippen LogP contribution >= 0.6 is 0 Å². The molecule has 2 rings (SSSR count). The zero-order valence-electron chi connectivity index (χ0n) is 9.94. The van der Waals surface area contributed by atoms with Crippen molar-refractivity contribution in [3.63, 3.8) is 0 Å². The van der Waals surface area contributed by atoms with Gasteiger partial charge in [0.25, 0.3) is 0 Å². The number of carboxylic acids is 1. The molecular formula is C12H20O4. The second-order valence-electron chi connectivity index (χ2n) is 5.07. The number of aliphatic carboxylic acids is 1. The van der Waals surface area contributed by atoms with Crippen LogP contribution in [0, 0.1) is 5.41 Å². The van der Waals surface area contributed by atoms with Gasteiger partial charge >= 0.3 is 5.97 Å². The smallest absolute Gasteiger partial charge is 0.312 e. The van der Waals surface area contributed by atoms with Crippen LogP contribution < -0.4 is 0 Å². The maximum Gasteiger partial charge on any atom is 0.312 e. The minimum Gasteiger partial charge on any atom is -0.481 e. The molecule has 0 aromatic heterocycles. The van der Waals surface area contributed by atoms with E-state index < -0.39 is 11.4 Å². The molecule has 2 aliphatic rings. The van der Waals surface area contributed by atoms with Gasteiger partial charge in [-0.3, -0.25) is 4.79 Å². The quantitative estimate of drug-likeness (QED) is 0.800. The Morgan fingerprint density at radius 3 is 2.62 bits per heavy atom. The predicted octanol–water partition coefficient (Wildman–Crippen LogP) is 1.82. The number of ether oxygens (including phenoxy) is 2. The Bertz CT molecular complexity index is 278. The standard InChI is InChI=1S/C12H20O4/c1-8-3-4-10(16-8)7-12(11(13)14)5-6-15-9(12)2/h8-10H,3-7H2,1-2H3,(H,13,14). The molecule has 0 aromatic rings. The van der Waals surface area contributed by atoms with Crippen LogP contribution in [0.4, 0.5) is 0 Å². The van der Waals surface area contributed by atoms with E-state index in [4.69, 9.17) is 9.47 Å². The third-order valence-electron chi connectivity index (χ3n) is 4.03. The van der Waals surface area contributed by atoms with Gasteiger partial charge in [-0.25, -0.2) is 0 Å². The van der Waals surface area contributed by atoms with Gasteiger partial charge in [0.15, 0.2) is 0 Å². The number of hydrogen-bond donors (Lipinski definition) is 1. The van der Waals surface area contributed by atoms with Crippen LogP contribution in [0.25, 0.3) is 0 Å². The van der Waals surface area contributed by atoms with Gasteiger partial charge < -0.3 is 14.6 Å². The second kappa shape index (κ2) is 4.34. The highest BCUT2D eigenvalue weighted by molar-refractivity contribution is 5.75. The Morgan fingerprint density at radius 2 is 2.19 bits per heavy atom. The summed E-state index contributed by atoms with van der Waals surface area (Å²) in [4.78, 5) is 11.5. The van der Waals surface area contributed by atoms with Gasteiger partial charge in [-0.2, -0.15) is 0 Å². The van der Waals surface area contributed by atoms with E-state index >= 15 is 0 Å². The van der Waals surface area contributed by atoms with Crippen LogP contribution in [0.3, 0.4) is 0 Å². The molecule has 0 bridgehead atoms. The van der Waals surface area contributed by atoms with E-state index in [0.29, 0.717) is 19.4 Å². The summed E-state index contributed by atoms with van der Waals surface area (Å²) in [5, 5.41) is 9.42. The molecule has 0 aromatic carbocycles. The zero-order chi connectivity index (χ0) is 11.8. The van der Waals surface area contributed by atoms with E-state index in [1.165, 1.54) is 0 Å². The average molecular weight is 228 g/mol. The fraction of sp³-hybridized carbons (Fsp3) is 0.917. The molecule has 2 heterocycles. The highest BCUT2D eigenvalue weighted by Crippen LogP contribution is 2.42. The first kappa shape index (κ1) is 11.9. The summed E-state index contributed by atoms with van der Waals surface area (Å²) in [6, 6.07) is 0. The second-order valence-corrected chi connectivity index (χ2v) is 5.07. The van der Waals surface area contributed by atoms with E-state index in [9.17, 15) is 9.90 Å². The van der Waals surface area contributed by atoms with Crippen LogP contribution in [0.1, 0.15) is 39.5 Å². The first-order valence-electron chi connectivity index (χ1n) is 6.05. The van der Waals surface area contributed by atoms with Crippen molar-refractivity contribution in [2.75, 3.05) is 6.61 Å². The van der Waals surface area contributed by atoms with E-state index in [1.54, 1.807) is 0 Å². The van der Waals surface area contributed by atoms with Crippen molar-refractivity contribution in [2.45, 2.75) is 57.8 Å². The fourth-order valence-corrected chi connectivity index (χ4v) is 2.86. The molecule has 2 saturated heterocycles. The molecule has 92 valence electrons. The van der Waals surface area contributed by atoms with Gasteiger partial charge in [-0.05, 0) is 39.5 Å². The van der Waals surface area contributed by atoms with Crippen molar-refractivity contribution < 1.29 is 19.4 Å². The summed E-state index contributed by atoms with van der Waals surface area (Å²) in [6.45, 7) is 4.46. The van der Waals surface area contributed by atoms with Crippen molar-refractivity contribution in [3.05, 3.63) is 0 Å². The van der Waals surface area contributed by atoms with Crippen LogP contribution in [0.15, 0.2) is 0 Å². The number of carboxylic acid groups (broad SMARTS) is 1. The minimum absolute atomic E-state index is 0.0928. The van der Waals surface area contributed by atoms with Crippen molar-refractivity contribution in [1.29, 1.82) is 0 Å². The van der Waals surface area contributed by atoms with Crippen LogP contribution in [-0.2, 0) is 14.3 Å². The minimum atomic E-state index is -0.736. The predicted molar refractivity (Wildman–Crippen MR) is 58.3 cm³/mol. The molecule has 0 amide bonds. The SMILES string of the molecule is CC1CCC(CC2(C(=O)O)CCOC2C)O1. The molecule has 4 atom stereocenters. The first-order valence-corrected chi connectivity index (χ1v) is 6.05. The zero-order valence-corrected chi connectivity index (χ0v) is 9.94. The summed E-state index contributed by atoms with van der Waals surface area (Å²) in [5.41, 5.74) is -0.727. The summed E-state index contributed by atoms with van der Waals surface area (Å²) in [5.74, 6) is -0.736. The van der Waals surface area contributed by atoms with Gasteiger partial charge in [0.05, 0.1) is 23.7 Å². The summed E-state index contributed by atoms with van der Waals surface area (Å²) in [7, 11) is 0. The normalized spacial score (nSPS) is 43.8. The molecule has 4 unspecified atom stereocenters. The lowest BCUT2D eigenvalue weighted by Crippen LogP contribution is -2.40. The Balaban J connectivity index is 2.06. The average Bonchev–Trinajstić information content (AvgIpc) is 2.76. The number of carbonyl (C=O) groups is 1. The fourth-order valence-electron chi connectivity index (χ4n) is 2.86. The molecule has 0 radical (unpaired) electrons. The molecule has 0 saturated carbocycles. The third-order valence-corrected chi connectivity index (χ3v) is 4.03. The van der Waals surface area contributed by atoms with Gasteiger partial charge in [-0.15, -0.1) is 0 Å². The lowest BCUT2D eigenvalue weighted by molar-refractivity contribution is -0.155. The molecular weight excluding hydrogens is 208 g/mol. The molecule has 1 N–H and O–H groups in total. The molecule has 16 heavy (non-hydrogen) atoms. The van der Waals surface area contributed by atoms with Gasteiger partial charge in [0.1, 0.15) is 0 Å². The lowest BCUT2D eigenvalue weighted by Gasteiger charge is -2.29. The van der Waals surface area contributed by atoms with Crippen molar-refractivity contribution in [3.8, 4) is 0 Å². The Kier molecular flexibility index (Phi) is 3.22. The van der Waals surface area contributed by atoms with E-state index in [-0.39, 0.29) is 18.3 Å². The summed E-state index contributed by atoms with van der Waals surface area (Å²) >= 11 is 0. The van der Waals surface area contributed by atoms with Crippen LogP contribution in [-0.4, -0.2) is 36.0 Å². The largest absolute Gasteiger partial charge is 0.481 e. The van der Waals surface area contributed by atoms with Gasteiger partial charge in [0.2, 0.25) is 0 Å². The number of rotatable bonds is 3. The Morgan fingerprint density at radius 1 is 1.44 bits per heavy atom. The maximum absolute atomic E-state index is 11.5. The van der Waals surface area contributed by atoms with Gasteiger partial charge in [-0.1, -0.05) is 0 Å². The van der Waals surface area contributed by atoms with Crippen molar-refractivity contribution in [1.82, 2.24) is 0 Å².